The lowest BCUT2D eigenvalue weighted by Crippen LogP contribution is -2.33. The van der Waals surface area contributed by atoms with Gasteiger partial charge in [-0.1, -0.05) is 42.5 Å². The molecule has 0 fully saturated rings. The van der Waals surface area contributed by atoms with Gasteiger partial charge >= 0.3 is 0 Å². The Balaban J connectivity index is 2.00. The quantitative estimate of drug-likeness (QED) is 0.506. The topological polar surface area (TPSA) is 79.3 Å². The molecule has 0 saturated heterocycles. The lowest BCUT2D eigenvalue weighted by atomic mass is 9.95. The molecule has 7 heteroatoms. The van der Waals surface area contributed by atoms with E-state index >= 15 is 0 Å². The number of carbonyl (C=O) groups excluding carboxylic acids is 2. The summed E-state index contributed by atoms with van der Waals surface area (Å²) in [6, 6.07) is 14.0. The number of rotatable bonds is 11. The Labute approximate surface area is 200 Å². The molecule has 180 valence electrons. The van der Waals surface area contributed by atoms with Crippen molar-refractivity contribution in [2.45, 2.75) is 19.4 Å². The monoisotopic (exact) mass is 464 g/mol. The van der Waals surface area contributed by atoms with Gasteiger partial charge in [0.15, 0.2) is 23.0 Å². The van der Waals surface area contributed by atoms with E-state index in [0.717, 1.165) is 12.1 Å². The number of ketones is 1. The van der Waals surface area contributed by atoms with E-state index in [9.17, 15) is 14.7 Å². The number of aliphatic hydroxyl groups excluding tert-OH is 1. The Bertz CT molecular complexity index is 1080. The summed E-state index contributed by atoms with van der Waals surface area (Å²) in [5.41, 5.74) is 1.58. The van der Waals surface area contributed by atoms with Crippen molar-refractivity contribution in [2.24, 2.45) is 0 Å². The van der Waals surface area contributed by atoms with Crippen LogP contribution in [0.1, 0.15) is 30.5 Å². The van der Waals surface area contributed by atoms with Crippen molar-refractivity contribution < 1.29 is 24.2 Å². The van der Waals surface area contributed by atoms with Crippen molar-refractivity contribution in [2.75, 3.05) is 40.9 Å². The van der Waals surface area contributed by atoms with Crippen LogP contribution in [-0.4, -0.2) is 67.5 Å². The van der Waals surface area contributed by atoms with E-state index in [0.29, 0.717) is 36.6 Å². The maximum Gasteiger partial charge on any atom is 0.290 e. The molecule has 2 aromatic rings. The first-order valence-corrected chi connectivity index (χ1v) is 11.3. The van der Waals surface area contributed by atoms with E-state index < -0.39 is 23.5 Å². The van der Waals surface area contributed by atoms with Crippen molar-refractivity contribution in [1.82, 2.24) is 9.80 Å². The molecule has 1 unspecified atom stereocenters. The first kappa shape index (κ1) is 25.1. The molecule has 1 atom stereocenters. The van der Waals surface area contributed by atoms with Crippen LogP contribution in [0.15, 0.2) is 65.9 Å². The average molecular weight is 465 g/mol. The Morgan fingerprint density at radius 3 is 2.53 bits per heavy atom. The van der Waals surface area contributed by atoms with Crippen LogP contribution in [0.4, 0.5) is 0 Å². The Morgan fingerprint density at radius 1 is 1.15 bits per heavy atom. The molecule has 1 heterocycles. The Kier molecular flexibility index (Phi) is 8.49. The van der Waals surface area contributed by atoms with Crippen molar-refractivity contribution in [3.63, 3.8) is 0 Å². The molecule has 0 aromatic heterocycles. The van der Waals surface area contributed by atoms with Crippen molar-refractivity contribution in [3.05, 3.63) is 77.1 Å². The molecular weight excluding hydrogens is 432 g/mol. The second-order valence-corrected chi connectivity index (χ2v) is 8.27. The normalized spacial score (nSPS) is 16.1. The first-order valence-electron chi connectivity index (χ1n) is 11.3. The van der Waals surface area contributed by atoms with Gasteiger partial charge < -0.3 is 24.4 Å². The number of amides is 1. The highest BCUT2D eigenvalue weighted by atomic mass is 16.5. The Morgan fingerprint density at radius 2 is 1.88 bits per heavy atom. The highest BCUT2D eigenvalue weighted by Gasteiger charge is 2.42. The lowest BCUT2D eigenvalue weighted by molar-refractivity contribution is -0.129. The second kappa shape index (κ2) is 11.5. The van der Waals surface area contributed by atoms with Crippen LogP contribution in [0.5, 0.6) is 11.5 Å². The van der Waals surface area contributed by atoms with Gasteiger partial charge in [-0.15, -0.1) is 0 Å². The molecule has 1 amide bonds. The molecule has 3 rings (SSSR count). The van der Waals surface area contributed by atoms with Crippen LogP contribution in [-0.2, 0) is 9.59 Å². The number of methoxy groups -OCH3 is 1. The molecule has 0 aliphatic carbocycles. The highest BCUT2D eigenvalue weighted by molar-refractivity contribution is 6.14. The highest BCUT2D eigenvalue weighted by Crippen LogP contribution is 2.41. The Hall–Kier alpha value is -3.58. The van der Waals surface area contributed by atoms with Crippen LogP contribution in [0.25, 0.3) is 6.08 Å². The predicted octanol–water partition coefficient (Wildman–Crippen LogP) is 4.02. The summed E-state index contributed by atoms with van der Waals surface area (Å²) in [6.45, 7) is 3.51. The summed E-state index contributed by atoms with van der Waals surface area (Å²) >= 11 is 0. The van der Waals surface area contributed by atoms with Gasteiger partial charge in [-0.05, 0) is 63.3 Å². The number of hydrogen-bond acceptors (Lipinski definition) is 6. The van der Waals surface area contributed by atoms with E-state index in [2.05, 4.69) is 0 Å². The van der Waals surface area contributed by atoms with Gasteiger partial charge in [-0.3, -0.25) is 9.59 Å². The summed E-state index contributed by atoms with van der Waals surface area (Å²) in [6.07, 6.45) is 3.77. The lowest BCUT2D eigenvalue weighted by Gasteiger charge is -2.27. The molecule has 34 heavy (non-hydrogen) atoms. The number of benzene rings is 2. The number of ether oxygens (including phenoxy) is 2. The summed E-state index contributed by atoms with van der Waals surface area (Å²) in [7, 11) is 5.46. The largest absolute Gasteiger partial charge is 0.503 e. The van der Waals surface area contributed by atoms with Crippen LogP contribution in [0.2, 0.25) is 0 Å². The summed E-state index contributed by atoms with van der Waals surface area (Å²) in [4.78, 5) is 29.9. The number of nitrogens with zero attached hydrogens (tertiary/aromatic N) is 2. The predicted molar refractivity (Wildman–Crippen MR) is 132 cm³/mol. The van der Waals surface area contributed by atoms with Crippen LogP contribution < -0.4 is 9.47 Å². The minimum Gasteiger partial charge on any atom is -0.503 e. The van der Waals surface area contributed by atoms with Gasteiger partial charge in [0.05, 0.1) is 25.3 Å². The van der Waals surface area contributed by atoms with Gasteiger partial charge in [0.25, 0.3) is 5.91 Å². The number of allylic oxidation sites excluding steroid dienone is 1. The van der Waals surface area contributed by atoms with Gasteiger partial charge in [0, 0.05) is 6.54 Å². The smallest absolute Gasteiger partial charge is 0.290 e. The van der Waals surface area contributed by atoms with Crippen molar-refractivity contribution in [1.29, 1.82) is 0 Å². The van der Waals surface area contributed by atoms with Crippen molar-refractivity contribution >= 4 is 17.8 Å². The summed E-state index contributed by atoms with van der Waals surface area (Å²) < 4.78 is 11.1. The van der Waals surface area contributed by atoms with E-state index in [1.165, 1.54) is 13.2 Å². The molecule has 2 aromatic carbocycles. The maximum absolute atomic E-state index is 13.3. The minimum atomic E-state index is -0.729. The van der Waals surface area contributed by atoms with E-state index in [1.54, 1.807) is 29.2 Å². The maximum atomic E-state index is 13.3. The molecule has 1 aliphatic heterocycles. The van der Waals surface area contributed by atoms with E-state index in [-0.39, 0.29) is 5.57 Å². The second-order valence-electron chi connectivity index (χ2n) is 8.27. The fraction of sp³-hybridized carbons (Fsp3) is 0.333. The molecule has 0 radical (unpaired) electrons. The third-order valence-corrected chi connectivity index (χ3v) is 5.60. The zero-order valence-electron chi connectivity index (χ0n) is 20.2. The fourth-order valence-corrected chi connectivity index (χ4v) is 3.99. The minimum absolute atomic E-state index is 0.0632. The van der Waals surface area contributed by atoms with Gasteiger partial charge in [0.1, 0.15) is 0 Å². The molecule has 1 aliphatic rings. The molecule has 0 saturated carbocycles. The summed E-state index contributed by atoms with van der Waals surface area (Å²) in [5, 5.41) is 10.8. The van der Waals surface area contributed by atoms with Crippen LogP contribution >= 0.6 is 0 Å². The standard InChI is InChI=1S/C27H32N2O5/c1-5-34-22-15-13-20(18-23(22)33-4)25-24(21(30)14-12-19-10-7-6-8-11-19)26(31)27(32)29(25)17-9-16-28(2)3/h6-8,10-15,18,25,31H,5,9,16-17H2,1-4H3/b14-12+. The zero-order valence-corrected chi connectivity index (χ0v) is 20.2. The average Bonchev–Trinajstić information content (AvgIpc) is 3.08. The van der Waals surface area contributed by atoms with E-state index in [4.69, 9.17) is 9.47 Å². The zero-order chi connectivity index (χ0) is 24.7. The third kappa shape index (κ3) is 5.66. The molecule has 0 bridgehead atoms. The molecule has 0 spiro atoms. The number of carbonyl (C=O) groups is 2. The first-order chi connectivity index (χ1) is 16.4. The number of hydrogen-bond donors (Lipinski definition) is 1. The van der Waals surface area contributed by atoms with Crippen molar-refractivity contribution in [3.8, 4) is 11.5 Å². The molecule has 1 N–H and O–H groups in total. The SMILES string of the molecule is CCOc1ccc(C2C(C(=O)/C=C/c3ccccc3)=C(O)C(=O)N2CCCN(C)C)cc1OC. The van der Waals surface area contributed by atoms with Gasteiger partial charge in [0.2, 0.25) is 0 Å². The fourth-order valence-electron chi connectivity index (χ4n) is 3.99. The van der Waals surface area contributed by atoms with Gasteiger partial charge in [-0.2, -0.15) is 0 Å². The molecular formula is C27H32N2O5. The number of aliphatic hydroxyl groups is 1. The van der Waals surface area contributed by atoms with E-state index in [1.807, 2.05) is 56.3 Å². The van der Waals surface area contributed by atoms with Crippen LogP contribution in [0, 0.1) is 0 Å². The molecule has 7 nitrogen and oxygen atoms in total. The van der Waals surface area contributed by atoms with Crippen LogP contribution in [0.3, 0.4) is 0 Å². The van der Waals surface area contributed by atoms with Gasteiger partial charge in [-0.25, -0.2) is 0 Å². The third-order valence-electron chi connectivity index (χ3n) is 5.60. The summed E-state index contributed by atoms with van der Waals surface area (Å²) in [5.74, 6) is -0.401.